The maximum Gasteiger partial charge on any atom is 0.321 e. The van der Waals surface area contributed by atoms with Crippen LogP contribution >= 0.6 is 0 Å². The van der Waals surface area contributed by atoms with E-state index in [9.17, 15) is 9.59 Å². The first-order valence-electron chi connectivity index (χ1n) is 8.16. The molecule has 0 aromatic heterocycles. The molecule has 2 aliphatic rings. The number of fused-ring (bicyclic) bond motifs is 1. The summed E-state index contributed by atoms with van der Waals surface area (Å²) >= 11 is 0. The first-order valence-corrected chi connectivity index (χ1v) is 8.16. The van der Waals surface area contributed by atoms with E-state index >= 15 is 0 Å². The van der Waals surface area contributed by atoms with Crippen LogP contribution in [0.15, 0.2) is 24.3 Å². The fraction of sp³-hybridized carbons (Fsp3) is 0.529. The number of hydrogen-bond acceptors (Lipinski definition) is 2. The molecule has 0 unspecified atom stereocenters. The van der Waals surface area contributed by atoms with Crippen molar-refractivity contribution in [1.29, 1.82) is 0 Å². The number of para-hydroxylation sites is 1. The lowest BCUT2D eigenvalue weighted by molar-refractivity contribution is -0.121. The van der Waals surface area contributed by atoms with Crippen LogP contribution in [0.3, 0.4) is 0 Å². The van der Waals surface area contributed by atoms with Gasteiger partial charge in [0.05, 0.1) is 0 Å². The molecule has 0 spiro atoms. The van der Waals surface area contributed by atoms with Gasteiger partial charge in [-0.3, -0.25) is 9.69 Å². The molecular formula is C17H23N3O2. The second kappa shape index (κ2) is 6.81. The van der Waals surface area contributed by atoms with Crippen molar-refractivity contribution < 1.29 is 9.59 Å². The highest BCUT2D eigenvalue weighted by Gasteiger charge is 2.24. The Hall–Kier alpha value is -2.04. The predicted molar refractivity (Wildman–Crippen MR) is 85.9 cm³/mol. The van der Waals surface area contributed by atoms with Gasteiger partial charge in [-0.25, -0.2) is 4.79 Å². The molecule has 1 saturated carbocycles. The molecule has 0 radical (unpaired) electrons. The third-order valence-corrected chi connectivity index (χ3v) is 4.48. The molecule has 1 heterocycles. The van der Waals surface area contributed by atoms with E-state index in [0.717, 1.165) is 24.9 Å². The maximum absolute atomic E-state index is 12.2. The van der Waals surface area contributed by atoms with Crippen molar-refractivity contribution in [3.8, 4) is 0 Å². The number of carbonyl (C=O) groups is 2. The van der Waals surface area contributed by atoms with Crippen molar-refractivity contribution in [2.45, 2.75) is 44.6 Å². The van der Waals surface area contributed by atoms with Gasteiger partial charge in [0.15, 0.2) is 0 Å². The Morgan fingerprint density at radius 1 is 1.18 bits per heavy atom. The Kier molecular flexibility index (Phi) is 4.61. The van der Waals surface area contributed by atoms with Crippen LogP contribution in [-0.4, -0.2) is 31.1 Å². The normalized spacial score (nSPS) is 17.4. The summed E-state index contributed by atoms with van der Waals surface area (Å²) < 4.78 is 0. The van der Waals surface area contributed by atoms with Gasteiger partial charge in [-0.1, -0.05) is 31.0 Å². The summed E-state index contributed by atoms with van der Waals surface area (Å²) in [6.45, 7) is 1.09. The summed E-state index contributed by atoms with van der Waals surface area (Å²) in [7, 11) is 0. The summed E-state index contributed by atoms with van der Waals surface area (Å²) in [5.41, 5.74) is 2.19. The molecule has 0 saturated heterocycles. The van der Waals surface area contributed by atoms with Crippen LogP contribution in [0.4, 0.5) is 10.5 Å². The molecule has 3 amide bonds. The highest BCUT2D eigenvalue weighted by molar-refractivity contribution is 5.94. The number of carbonyl (C=O) groups excluding carboxylic acids is 2. The summed E-state index contributed by atoms with van der Waals surface area (Å²) in [4.78, 5) is 25.8. The minimum absolute atomic E-state index is 0.0361. The van der Waals surface area contributed by atoms with E-state index < -0.39 is 0 Å². The van der Waals surface area contributed by atoms with Crippen molar-refractivity contribution >= 4 is 17.6 Å². The highest BCUT2D eigenvalue weighted by Crippen LogP contribution is 2.27. The Bertz CT molecular complexity index is 553. The van der Waals surface area contributed by atoms with Crippen molar-refractivity contribution in [3.05, 3.63) is 29.8 Å². The number of urea groups is 1. The molecule has 1 aliphatic carbocycles. The third-order valence-electron chi connectivity index (χ3n) is 4.48. The first kappa shape index (κ1) is 14.9. The van der Waals surface area contributed by atoms with E-state index in [4.69, 9.17) is 0 Å². The second-order valence-corrected chi connectivity index (χ2v) is 6.06. The number of amides is 3. The number of nitrogens with zero attached hydrogens (tertiary/aromatic N) is 1. The summed E-state index contributed by atoms with van der Waals surface area (Å²) in [5.74, 6) is 0.0361. The van der Waals surface area contributed by atoms with Crippen LogP contribution in [0.5, 0.6) is 0 Å². The Morgan fingerprint density at radius 2 is 1.95 bits per heavy atom. The van der Waals surface area contributed by atoms with Gasteiger partial charge in [0, 0.05) is 31.2 Å². The van der Waals surface area contributed by atoms with Gasteiger partial charge >= 0.3 is 6.03 Å². The number of benzene rings is 1. The van der Waals surface area contributed by atoms with Gasteiger partial charge in [0.1, 0.15) is 0 Å². The van der Waals surface area contributed by atoms with Gasteiger partial charge in [-0.15, -0.1) is 0 Å². The number of anilines is 1. The van der Waals surface area contributed by atoms with Crippen LogP contribution in [0, 0.1) is 0 Å². The molecule has 5 heteroatoms. The van der Waals surface area contributed by atoms with Crippen LogP contribution < -0.4 is 15.5 Å². The average Bonchev–Trinajstić information content (AvgIpc) is 3.16. The number of hydrogen-bond donors (Lipinski definition) is 2. The van der Waals surface area contributed by atoms with Gasteiger partial charge in [-0.2, -0.15) is 0 Å². The van der Waals surface area contributed by atoms with E-state index in [1.165, 1.54) is 18.4 Å². The van der Waals surface area contributed by atoms with Crippen molar-refractivity contribution in [2.24, 2.45) is 0 Å². The summed E-state index contributed by atoms with van der Waals surface area (Å²) in [6.07, 6.45) is 5.82. The minimum atomic E-state index is -0.112. The molecule has 1 aromatic carbocycles. The summed E-state index contributed by atoms with van der Waals surface area (Å²) in [6, 6.07) is 8.19. The van der Waals surface area contributed by atoms with Crippen molar-refractivity contribution in [3.63, 3.8) is 0 Å². The van der Waals surface area contributed by atoms with E-state index in [1.54, 1.807) is 4.90 Å². The van der Waals surface area contributed by atoms with E-state index in [2.05, 4.69) is 16.7 Å². The Balaban J connectivity index is 1.42. The van der Waals surface area contributed by atoms with Gasteiger partial charge in [-0.05, 0) is 30.9 Å². The molecule has 3 rings (SSSR count). The lowest BCUT2D eigenvalue weighted by Crippen LogP contribution is -2.41. The topological polar surface area (TPSA) is 61.4 Å². The standard InChI is InChI=1S/C17H23N3O2/c21-16(19-14-6-2-3-7-14)9-11-18-17(22)20-12-10-13-5-1-4-8-15(13)20/h1,4-5,8,14H,2-3,6-7,9-12H2,(H,18,22)(H,19,21). The Morgan fingerprint density at radius 3 is 2.77 bits per heavy atom. The molecule has 1 fully saturated rings. The van der Waals surface area contributed by atoms with Crippen LogP contribution in [0.1, 0.15) is 37.7 Å². The Labute approximate surface area is 131 Å². The molecular weight excluding hydrogens is 278 g/mol. The molecule has 1 aromatic rings. The first-order chi connectivity index (χ1) is 10.7. The zero-order valence-electron chi connectivity index (χ0n) is 12.8. The summed E-state index contributed by atoms with van der Waals surface area (Å²) in [5, 5.41) is 5.88. The fourth-order valence-electron chi connectivity index (χ4n) is 3.30. The van der Waals surface area contributed by atoms with Gasteiger partial charge < -0.3 is 10.6 Å². The second-order valence-electron chi connectivity index (χ2n) is 6.06. The monoisotopic (exact) mass is 301 g/mol. The van der Waals surface area contributed by atoms with Crippen LogP contribution in [0.25, 0.3) is 0 Å². The van der Waals surface area contributed by atoms with Crippen molar-refractivity contribution in [1.82, 2.24) is 10.6 Å². The molecule has 2 N–H and O–H groups in total. The predicted octanol–water partition coefficient (Wildman–Crippen LogP) is 2.21. The molecule has 1 aliphatic heterocycles. The molecule has 22 heavy (non-hydrogen) atoms. The number of rotatable bonds is 4. The maximum atomic E-state index is 12.2. The lowest BCUT2D eigenvalue weighted by Gasteiger charge is -2.18. The van der Waals surface area contributed by atoms with Crippen molar-refractivity contribution in [2.75, 3.05) is 18.0 Å². The largest absolute Gasteiger partial charge is 0.353 e. The van der Waals surface area contributed by atoms with Crippen LogP contribution in [0.2, 0.25) is 0 Å². The zero-order chi connectivity index (χ0) is 15.4. The zero-order valence-corrected chi connectivity index (χ0v) is 12.8. The highest BCUT2D eigenvalue weighted by atomic mass is 16.2. The lowest BCUT2D eigenvalue weighted by atomic mass is 10.2. The third kappa shape index (κ3) is 3.40. The van der Waals surface area contributed by atoms with Gasteiger partial charge in [0.2, 0.25) is 5.91 Å². The van der Waals surface area contributed by atoms with E-state index in [-0.39, 0.29) is 11.9 Å². The molecule has 0 bridgehead atoms. The van der Waals surface area contributed by atoms with Gasteiger partial charge in [0.25, 0.3) is 0 Å². The van der Waals surface area contributed by atoms with E-state index in [0.29, 0.717) is 25.6 Å². The SMILES string of the molecule is O=C(CCNC(=O)N1CCc2ccccc21)NC1CCCC1. The quantitative estimate of drug-likeness (QED) is 0.895. The molecule has 0 atom stereocenters. The van der Waals surface area contributed by atoms with E-state index in [1.807, 2.05) is 18.2 Å². The van der Waals surface area contributed by atoms with Crippen LogP contribution in [-0.2, 0) is 11.2 Å². The number of nitrogens with one attached hydrogen (secondary N) is 2. The fourth-order valence-corrected chi connectivity index (χ4v) is 3.30. The smallest absolute Gasteiger partial charge is 0.321 e. The minimum Gasteiger partial charge on any atom is -0.353 e. The molecule has 5 nitrogen and oxygen atoms in total. The molecule has 118 valence electrons. The average molecular weight is 301 g/mol.